The zero-order chi connectivity index (χ0) is 8.85. The summed E-state index contributed by atoms with van der Waals surface area (Å²) in [5.41, 5.74) is 0. The molecule has 0 amide bonds. The third kappa shape index (κ3) is 3.87. The van der Waals surface area contributed by atoms with Gasteiger partial charge in [0.1, 0.15) is 6.54 Å². The number of aliphatic carboxylic acids is 1. The van der Waals surface area contributed by atoms with Crippen molar-refractivity contribution in [1.82, 2.24) is 4.90 Å². The standard InChI is InChI=1S/C6H12N2O2S/c1-7-6(11-3)8(2)4-5(9)10/h4H2,1-3H3,(H,9,10). The van der Waals surface area contributed by atoms with Gasteiger partial charge in [-0.3, -0.25) is 9.79 Å². The second-order valence-corrected chi connectivity index (χ2v) is 2.73. The maximum Gasteiger partial charge on any atom is 0.323 e. The molecule has 11 heavy (non-hydrogen) atoms. The average molecular weight is 176 g/mol. The Morgan fingerprint density at radius 2 is 2.27 bits per heavy atom. The lowest BCUT2D eigenvalue weighted by atomic mass is 10.6. The zero-order valence-corrected chi connectivity index (χ0v) is 7.68. The van der Waals surface area contributed by atoms with Crippen molar-refractivity contribution in [2.45, 2.75) is 0 Å². The first-order chi connectivity index (χ1) is 5.11. The molecular weight excluding hydrogens is 164 g/mol. The Hall–Kier alpha value is -0.710. The lowest BCUT2D eigenvalue weighted by Gasteiger charge is -2.15. The minimum Gasteiger partial charge on any atom is -0.480 e. The van der Waals surface area contributed by atoms with Gasteiger partial charge in [-0.05, 0) is 6.26 Å². The average Bonchev–Trinajstić information content (AvgIpc) is 1.88. The highest BCUT2D eigenvalue weighted by molar-refractivity contribution is 8.13. The number of likely N-dealkylation sites (N-methyl/N-ethyl adjacent to an activating group) is 1. The van der Waals surface area contributed by atoms with Gasteiger partial charge in [-0.15, -0.1) is 0 Å². The van der Waals surface area contributed by atoms with E-state index in [4.69, 9.17) is 5.11 Å². The fourth-order valence-corrected chi connectivity index (χ4v) is 1.25. The first kappa shape index (κ1) is 10.3. The molecule has 0 radical (unpaired) electrons. The van der Waals surface area contributed by atoms with Gasteiger partial charge in [-0.25, -0.2) is 0 Å². The molecule has 0 aromatic carbocycles. The van der Waals surface area contributed by atoms with E-state index in [-0.39, 0.29) is 6.54 Å². The molecule has 4 nitrogen and oxygen atoms in total. The minimum atomic E-state index is -0.845. The number of carbonyl (C=O) groups is 1. The van der Waals surface area contributed by atoms with Gasteiger partial charge in [0, 0.05) is 14.1 Å². The molecule has 0 atom stereocenters. The highest BCUT2D eigenvalue weighted by atomic mass is 32.2. The fraction of sp³-hybridized carbons (Fsp3) is 0.667. The van der Waals surface area contributed by atoms with Gasteiger partial charge < -0.3 is 10.0 Å². The molecule has 0 rings (SSSR count). The zero-order valence-electron chi connectivity index (χ0n) is 6.87. The van der Waals surface area contributed by atoms with E-state index in [1.54, 1.807) is 19.0 Å². The summed E-state index contributed by atoms with van der Waals surface area (Å²) in [6, 6.07) is 0. The van der Waals surface area contributed by atoms with Crippen molar-refractivity contribution in [3.63, 3.8) is 0 Å². The van der Waals surface area contributed by atoms with E-state index in [1.807, 2.05) is 6.26 Å². The summed E-state index contributed by atoms with van der Waals surface area (Å²) in [5.74, 6) is -0.845. The number of nitrogens with zero attached hydrogens (tertiary/aromatic N) is 2. The summed E-state index contributed by atoms with van der Waals surface area (Å²) in [6.45, 7) is -0.00644. The molecule has 5 heteroatoms. The predicted octanol–water partition coefficient (Wildman–Crippen LogP) is 0.352. The monoisotopic (exact) mass is 176 g/mol. The lowest BCUT2D eigenvalue weighted by Crippen LogP contribution is -2.29. The van der Waals surface area contributed by atoms with Crippen molar-refractivity contribution < 1.29 is 9.90 Å². The molecule has 0 bridgehead atoms. The smallest absolute Gasteiger partial charge is 0.323 e. The molecule has 0 aliphatic rings. The quantitative estimate of drug-likeness (QED) is 0.487. The van der Waals surface area contributed by atoms with Crippen molar-refractivity contribution >= 4 is 22.9 Å². The predicted molar refractivity (Wildman–Crippen MR) is 47.1 cm³/mol. The second kappa shape index (κ2) is 5.01. The van der Waals surface area contributed by atoms with Gasteiger partial charge in [0.05, 0.1) is 0 Å². The fourth-order valence-electron chi connectivity index (χ4n) is 0.688. The van der Waals surface area contributed by atoms with Crippen molar-refractivity contribution in [2.75, 3.05) is 26.9 Å². The van der Waals surface area contributed by atoms with E-state index >= 15 is 0 Å². The maximum absolute atomic E-state index is 10.2. The molecule has 0 saturated carbocycles. The van der Waals surface area contributed by atoms with Crippen molar-refractivity contribution in [3.8, 4) is 0 Å². The van der Waals surface area contributed by atoms with Crippen molar-refractivity contribution in [3.05, 3.63) is 0 Å². The van der Waals surface area contributed by atoms with Crippen LogP contribution in [0.5, 0.6) is 0 Å². The Labute approximate surface area is 70.3 Å². The summed E-state index contributed by atoms with van der Waals surface area (Å²) < 4.78 is 0. The molecule has 0 aliphatic heterocycles. The van der Waals surface area contributed by atoms with E-state index in [0.29, 0.717) is 0 Å². The van der Waals surface area contributed by atoms with Gasteiger partial charge in [-0.1, -0.05) is 11.8 Å². The first-order valence-electron chi connectivity index (χ1n) is 3.05. The number of hydrogen-bond acceptors (Lipinski definition) is 3. The number of amidine groups is 1. The molecule has 0 aromatic heterocycles. The Morgan fingerprint density at radius 1 is 1.73 bits per heavy atom. The molecule has 0 aliphatic carbocycles. The van der Waals surface area contributed by atoms with Crippen LogP contribution in [-0.4, -0.2) is 48.0 Å². The number of carboxylic acid groups (broad SMARTS) is 1. The summed E-state index contributed by atoms with van der Waals surface area (Å²) in [5, 5.41) is 9.15. The van der Waals surface area contributed by atoms with Crippen LogP contribution >= 0.6 is 11.8 Å². The van der Waals surface area contributed by atoms with E-state index in [0.717, 1.165) is 5.17 Å². The summed E-state index contributed by atoms with van der Waals surface area (Å²) >= 11 is 1.43. The van der Waals surface area contributed by atoms with E-state index in [1.165, 1.54) is 11.8 Å². The van der Waals surface area contributed by atoms with Gasteiger partial charge in [-0.2, -0.15) is 0 Å². The van der Waals surface area contributed by atoms with E-state index in [2.05, 4.69) is 4.99 Å². The molecule has 0 unspecified atom stereocenters. The first-order valence-corrected chi connectivity index (χ1v) is 4.28. The number of thioether (sulfide) groups is 1. The van der Waals surface area contributed by atoms with Crippen LogP contribution in [0.4, 0.5) is 0 Å². The maximum atomic E-state index is 10.2. The van der Waals surface area contributed by atoms with E-state index in [9.17, 15) is 4.79 Å². The Bertz CT molecular complexity index is 170. The van der Waals surface area contributed by atoms with Gasteiger partial charge >= 0.3 is 5.97 Å². The Balaban J connectivity index is 4.00. The number of aliphatic imine (C=N–C) groups is 1. The lowest BCUT2D eigenvalue weighted by molar-refractivity contribution is -0.137. The second-order valence-electron chi connectivity index (χ2n) is 1.96. The van der Waals surface area contributed by atoms with Crippen LogP contribution in [-0.2, 0) is 4.79 Å². The molecule has 64 valence electrons. The van der Waals surface area contributed by atoms with Gasteiger partial charge in [0.25, 0.3) is 0 Å². The van der Waals surface area contributed by atoms with Crippen LogP contribution < -0.4 is 0 Å². The third-order valence-electron chi connectivity index (χ3n) is 1.07. The summed E-state index contributed by atoms with van der Waals surface area (Å²) in [4.78, 5) is 15.7. The highest BCUT2D eigenvalue weighted by Crippen LogP contribution is 2.01. The SMILES string of the molecule is CN=C(SC)N(C)CC(=O)O. The Morgan fingerprint density at radius 3 is 2.55 bits per heavy atom. The molecule has 0 aromatic rings. The van der Waals surface area contributed by atoms with Crippen molar-refractivity contribution in [1.29, 1.82) is 0 Å². The van der Waals surface area contributed by atoms with Crippen LogP contribution in [0.2, 0.25) is 0 Å². The van der Waals surface area contributed by atoms with Crippen LogP contribution in [0.15, 0.2) is 4.99 Å². The number of rotatable bonds is 2. The molecule has 0 fully saturated rings. The number of hydrogen-bond donors (Lipinski definition) is 1. The molecule has 0 heterocycles. The van der Waals surface area contributed by atoms with Gasteiger partial charge in [0.15, 0.2) is 5.17 Å². The third-order valence-corrected chi connectivity index (χ3v) is 1.93. The molecular formula is C6H12N2O2S. The minimum absolute atomic E-state index is 0.00644. The highest BCUT2D eigenvalue weighted by Gasteiger charge is 2.07. The van der Waals surface area contributed by atoms with Crippen LogP contribution in [0.25, 0.3) is 0 Å². The van der Waals surface area contributed by atoms with Crippen LogP contribution in [0, 0.1) is 0 Å². The summed E-state index contributed by atoms with van der Waals surface area (Å²) in [6.07, 6.45) is 1.86. The molecule has 0 saturated heterocycles. The van der Waals surface area contributed by atoms with Crippen molar-refractivity contribution in [2.24, 2.45) is 4.99 Å². The van der Waals surface area contributed by atoms with E-state index < -0.39 is 5.97 Å². The Kier molecular flexibility index (Phi) is 4.69. The summed E-state index contributed by atoms with van der Waals surface area (Å²) in [7, 11) is 3.34. The van der Waals surface area contributed by atoms with Gasteiger partial charge in [0.2, 0.25) is 0 Å². The normalized spacial score (nSPS) is 11.4. The molecule has 0 spiro atoms. The largest absolute Gasteiger partial charge is 0.480 e. The molecule has 1 N–H and O–H groups in total. The topological polar surface area (TPSA) is 52.9 Å². The van der Waals surface area contributed by atoms with Crippen LogP contribution in [0.1, 0.15) is 0 Å². The number of carboxylic acids is 1. The van der Waals surface area contributed by atoms with Crippen LogP contribution in [0.3, 0.4) is 0 Å².